The highest BCUT2D eigenvalue weighted by molar-refractivity contribution is 6.34. The molecule has 0 amide bonds. The van der Waals surface area contributed by atoms with E-state index in [1.807, 2.05) is 31.2 Å². The standard InChI is InChI=1S/C25H21ClFNO3/c1-3-31-18-6-7-19(23(27)12-18)21-11-16-10-17(28-24(16)13-22(21)26)8-15-5-4-14(2)20(9-15)25(29)30/h4-7,9-13,28H,3,8H2,1-2H3,(H,29,30). The van der Waals surface area contributed by atoms with Gasteiger partial charge in [0.1, 0.15) is 11.6 Å². The predicted octanol–water partition coefficient (Wildman–Crippen LogP) is 6.62. The van der Waals surface area contributed by atoms with Gasteiger partial charge in [0.25, 0.3) is 0 Å². The first-order chi connectivity index (χ1) is 14.9. The van der Waals surface area contributed by atoms with Crippen molar-refractivity contribution in [2.45, 2.75) is 20.3 Å². The first kappa shape index (κ1) is 20.9. The van der Waals surface area contributed by atoms with E-state index < -0.39 is 11.8 Å². The molecule has 31 heavy (non-hydrogen) atoms. The van der Waals surface area contributed by atoms with Crippen LogP contribution in [0.1, 0.15) is 34.1 Å². The summed E-state index contributed by atoms with van der Waals surface area (Å²) in [4.78, 5) is 14.7. The van der Waals surface area contributed by atoms with Crippen LogP contribution >= 0.6 is 11.6 Å². The third-order valence-electron chi connectivity index (χ3n) is 5.23. The lowest BCUT2D eigenvalue weighted by molar-refractivity contribution is 0.0696. The number of ether oxygens (including phenoxy) is 1. The van der Waals surface area contributed by atoms with Gasteiger partial charge in [-0.2, -0.15) is 0 Å². The Balaban J connectivity index is 1.68. The molecule has 4 nitrogen and oxygen atoms in total. The molecule has 0 bridgehead atoms. The van der Waals surface area contributed by atoms with Gasteiger partial charge in [-0.05, 0) is 61.4 Å². The lowest BCUT2D eigenvalue weighted by Crippen LogP contribution is -2.01. The van der Waals surface area contributed by atoms with E-state index in [0.717, 1.165) is 27.7 Å². The average Bonchev–Trinajstić information content (AvgIpc) is 3.10. The molecule has 1 aromatic heterocycles. The van der Waals surface area contributed by atoms with Crippen molar-refractivity contribution >= 4 is 28.5 Å². The third kappa shape index (κ3) is 4.28. The number of carboxylic acid groups (broad SMARTS) is 1. The monoisotopic (exact) mass is 437 g/mol. The van der Waals surface area contributed by atoms with Crippen LogP contribution in [0.5, 0.6) is 5.75 Å². The summed E-state index contributed by atoms with van der Waals surface area (Å²) in [5, 5.41) is 10.7. The maximum absolute atomic E-state index is 14.7. The van der Waals surface area contributed by atoms with Gasteiger partial charge in [-0.15, -0.1) is 0 Å². The van der Waals surface area contributed by atoms with E-state index in [-0.39, 0.29) is 0 Å². The zero-order valence-electron chi connectivity index (χ0n) is 17.1. The number of nitrogens with one attached hydrogen (secondary N) is 1. The van der Waals surface area contributed by atoms with Crippen molar-refractivity contribution in [1.82, 2.24) is 4.98 Å². The van der Waals surface area contributed by atoms with Crippen LogP contribution in [0.4, 0.5) is 4.39 Å². The molecular formula is C25H21ClFNO3. The van der Waals surface area contributed by atoms with Crippen LogP contribution in [0.3, 0.4) is 0 Å². The highest BCUT2D eigenvalue weighted by Crippen LogP contribution is 2.35. The molecule has 4 rings (SSSR count). The fourth-order valence-electron chi connectivity index (χ4n) is 3.72. The van der Waals surface area contributed by atoms with Gasteiger partial charge in [-0.1, -0.05) is 23.7 Å². The summed E-state index contributed by atoms with van der Waals surface area (Å²) >= 11 is 6.47. The lowest BCUT2D eigenvalue weighted by atomic mass is 10.0. The van der Waals surface area contributed by atoms with E-state index in [1.165, 1.54) is 6.07 Å². The summed E-state index contributed by atoms with van der Waals surface area (Å²) in [7, 11) is 0. The van der Waals surface area contributed by atoms with Crippen molar-refractivity contribution in [3.8, 4) is 16.9 Å². The molecule has 0 radical (unpaired) electrons. The molecule has 0 spiro atoms. The van der Waals surface area contributed by atoms with Crippen LogP contribution in [0.2, 0.25) is 5.02 Å². The van der Waals surface area contributed by atoms with Crippen molar-refractivity contribution in [3.63, 3.8) is 0 Å². The highest BCUT2D eigenvalue weighted by Gasteiger charge is 2.14. The first-order valence-electron chi connectivity index (χ1n) is 9.92. The van der Waals surface area contributed by atoms with Crippen LogP contribution in [0.15, 0.2) is 54.6 Å². The van der Waals surface area contributed by atoms with Crippen LogP contribution < -0.4 is 4.74 Å². The number of aromatic nitrogens is 1. The number of aromatic carboxylic acids is 1. The normalized spacial score (nSPS) is 11.1. The number of aryl methyl sites for hydroxylation is 1. The van der Waals surface area contributed by atoms with Gasteiger partial charge >= 0.3 is 5.97 Å². The quantitative estimate of drug-likeness (QED) is 0.356. The lowest BCUT2D eigenvalue weighted by Gasteiger charge is -2.09. The zero-order chi connectivity index (χ0) is 22.1. The van der Waals surface area contributed by atoms with E-state index in [1.54, 1.807) is 31.2 Å². The minimum atomic E-state index is -0.940. The first-order valence-corrected chi connectivity index (χ1v) is 10.3. The Kier molecular flexibility index (Phi) is 5.70. The van der Waals surface area contributed by atoms with E-state index >= 15 is 0 Å². The van der Waals surface area contributed by atoms with Crippen LogP contribution in [-0.4, -0.2) is 22.7 Å². The van der Waals surface area contributed by atoms with Gasteiger partial charge in [-0.3, -0.25) is 0 Å². The molecule has 0 atom stereocenters. The number of fused-ring (bicyclic) bond motifs is 1. The molecule has 6 heteroatoms. The molecule has 0 fully saturated rings. The number of hydrogen-bond donors (Lipinski definition) is 2. The Morgan fingerprint density at radius 2 is 1.90 bits per heavy atom. The van der Waals surface area contributed by atoms with Crippen molar-refractivity contribution in [1.29, 1.82) is 0 Å². The Morgan fingerprint density at radius 1 is 1.10 bits per heavy atom. The number of rotatable bonds is 6. The van der Waals surface area contributed by atoms with Gasteiger partial charge in [0.15, 0.2) is 0 Å². The van der Waals surface area contributed by atoms with Crippen molar-refractivity contribution in [2.75, 3.05) is 6.61 Å². The number of carboxylic acids is 1. The minimum Gasteiger partial charge on any atom is -0.494 e. The Labute approximate surface area is 184 Å². The largest absolute Gasteiger partial charge is 0.494 e. The van der Waals surface area contributed by atoms with E-state index in [0.29, 0.717) is 40.5 Å². The van der Waals surface area contributed by atoms with E-state index in [4.69, 9.17) is 16.3 Å². The van der Waals surface area contributed by atoms with Crippen LogP contribution in [0, 0.1) is 12.7 Å². The molecule has 0 saturated heterocycles. The predicted molar refractivity (Wildman–Crippen MR) is 121 cm³/mol. The van der Waals surface area contributed by atoms with Crippen LogP contribution in [-0.2, 0) is 6.42 Å². The fraction of sp³-hybridized carbons (Fsp3) is 0.160. The molecule has 3 aromatic carbocycles. The average molecular weight is 438 g/mol. The van der Waals surface area contributed by atoms with Crippen molar-refractivity contribution in [2.24, 2.45) is 0 Å². The number of benzene rings is 3. The Hall–Kier alpha value is -3.31. The molecule has 0 unspecified atom stereocenters. The van der Waals surface area contributed by atoms with E-state index in [9.17, 15) is 14.3 Å². The number of hydrogen-bond acceptors (Lipinski definition) is 2. The minimum absolute atomic E-state index is 0.296. The molecule has 0 aliphatic carbocycles. The second-order valence-corrected chi connectivity index (χ2v) is 7.83. The molecule has 2 N–H and O–H groups in total. The molecule has 4 aromatic rings. The second-order valence-electron chi connectivity index (χ2n) is 7.42. The molecule has 0 aliphatic heterocycles. The van der Waals surface area contributed by atoms with Gasteiger partial charge in [-0.25, -0.2) is 9.18 Å². The van der Waals surface area contributed by atoms with Crippen molar-refractivity contribution < 1.29 is 19.0 Å². The third-order valence-corrected chi connectivity index (χ3v) is 5.55. The maximum atomic E-state index is 14.7. The van der Waals surface area contributed by atoms with Gasteiger partial charge in [0, 0.05) is 40.2 Å². The summed E-state index contributed by atoms with van der Waals surface area (Å²) in [6.45, 7) is 4.09. The molecule has 1 heterocycles. The summed E-state index contributed by atoms with van der Waals surface area (Å²) in [6.07, 6.45) is 0.541. The topological polar surface area (TPSA) is 62.3 Å². The number of H-pyrrole nitrogens is 1. The summed E-state index contributed by atoms with van der Waals surface area (Å²) < 4.78 is 20.0. The van der Waals surface area contributed by atoms with Gasteiger partial charge in [0.2, 0.25) is 0 Å². The SMILES string of the molecule is CCOc1ccc(-c2cc3cc(Cc4ccc(C)c(C(=O)O)c4)[nH]c3cc2Cl)c(F)c1. The highest BCUT2D eigenvalue weighted by atomic mass is 35.5. The number of halogens is 2. The smallest absolute Gasteiger partial charge is 0.335 e. The fourth-order valence-corrected chi connectivity index (χ4v) is 3.98. The van der Waals surface area contributed by atoms with Crippen molar-refractivity contribution in [3.05, 3.63) is 87.8 Å². The zero-order valence-corrected chi connectivity index (χ0v) is 17.9. The Morgan fingerprint density at radius 3 is 2.61 bits per heavy atom. The molecule has 158 valence electrons. The van der Waals surface area contributed by atoms with Gasteiger partial charge < -0.3 is 14.8 Å². The summed E-state index contributed by atoms with van der Waals surface area (Å²) in [6, 6.07) is 15.8. The Bertz CT molecular complexity index is 1300. The van der Waals surface area contributed by atoms with Crippen LogP contribution in [0.25, 0.3) is 22.0 Å². The number of aromatic amines is 1. The molecular weight excluding hydrogens is 417 g/mol. The summed E-state index contributed by atoms with van der Waals surface area (Å²) in [5.41, 5.74) is 4.66. The maximum Gasteiger partial charge on any atom is 0.335 e. The second kappa shape index (κ2) is 8.44. The van der Waals surface area contributed by atoms with E-state index in [2.05, 4.69) is 4.98 Å². The summed E-state index contributed by atoms with van der Waals surface area (Å²) in [5.74, 6) is -0.864. The number of carbonyl (C=O) groups is 1. The van der Waals surface area contributed by atoms with Gasteiger partial charge in [0.05, 0.1) is 17.2 Å². The molecule has 0 aliphatic rings. The molecule has 0 saturated carbocycles.